The van der Waals surface area contributed by atoms with Crippen molar-refractivity contribution in [2.75, 3.05) is 25.1 Å². The standard InChI is InChI=1S/C22H28N6O2/c1-15(2)21-25-24-19-10-11-20(26-28(19)21)27-12-6-8-17(14-27)22(29)23-13-16-7-4-5-9-18(16)30-3/h4-5,7,9-11,15,17H,6,8,12-14H2,1-3H3,(H,23,29)/t17-/m0/s1. The molecule has 3 heterocycles. The Hall–Kier alpha value is -3.16. The predicted octanol–water partition coefficient (Wildman–Crippen LogP) is 2.79. The van der Waals surface area contributed by atoms with Gasteiger partial charge in [0.1, 0.15) is 11.6 Å². The molecule has 3 aromatic rings. The zero-order chi connectivity index (χ0) is 21.1. The first-order valence-corrected chi connectivity index (χ1v) is 10.4. The molecule has 0 bridgehead atoms. The average molecular weight is 409 g/mol. The molecule has 8 nitrogen and oxygen atoms in total. The summed E-state index contributed by atoms with van der Waals surface area (Å²) >= 11 is 0. The lowest BCUT2D eigenvalue weighted by molar-refractivity contribution is -0.125. The Morgan fingerprint density at radius 1 is 1.23 bits per heavy atom. The normalized spacial score (nSPS) is 16.8. The molecule has 0 unspecified atom stereocenters. The molecule has 1 N–H and O–H groups in total. The second-order valence-electron chi connectivity index (χ2n) is 7.99. The molecule has 1 aliphatic heterocycles. The molecule has 8 heteroatoms. The maximum atomic E-state index is 12.8. The number of ether oxygens (including phenoxy) is 1. The number of amides is 1. The van der Waals surface area contributed by atoms with Gasteiger partial charge in [0, 0.05) is 31.1 Å². The number of aromatic nitrogens is 4. The van der Waals surface area contributed by atoms with Gasteiger partial charge < -0.3 is 15.0 Å². The van der Waals surface area contributed by atoms with Crippen molar-refractivity contribution in [3.63, 3.8) is 0 Å². The Kier molecular flexibility index (Phi) is 5.83. The first kappa shape index (κ1) is 20.1. The number of hydrogen-bond donors (Lipinski definition) is 1. The SMILES string of the molecule is COc1ccccc1CNC(=O)[C@H]1CCCN(c2ccc3nnc(C(C)C)n3n2)C1. The Labute approximate surface area is 176 Å². The highest BCUT2D eigenvalue weighted by atomic mass is 16.5. The zero-order valence-corrected chi connectivity index (χ0v) is 17.7. The first-order chi connectivity index (χ1) is 14.6. The van der Waals surface area contributed by atoms with Gasteiger partial charge in [0.15, 0.2) is 11.5 Å². The van der Waals surface area contributed by atoms with Crippen LogP contribution in [-0.4, -0.2) is 45.9 Å². The van der Waals surface area contributed by atoms with E-state index in [-0.39, 0.29) is 17.7 Å². The number of carbonyl (C=O) groups excluding carboxylic acids is 1. The lowest BCUT2D eigenvalue weighted by Crippen LogP contribution is -2.43. The number of anilines is 1. The molecular formula is C22H28N6O2. The molecule has 158 valence electrons. The third kappa shape index (κ3) is 4.08. The van der Waals surface area contributed by atoms with Crippen LogP contribution in [0.25, 0.3) is 5.65 Å². The molecular weight excluding hydrogens is 380 g/mol. The van der Waals surface area contributed by atoms with E-state index in [2.05, 4.69) is 34.3 Å². The lowest BCUT2D eigenvalue weighted by Gasteiger charge is -2.32. The molecule has 0 aliphatic carbocycles. The smallest absolute Gasteiger partial charge is 0.225 e. The van der Waals surface area contributed by atoms with Gasteiger partial charge in [-0.3, -0.25) is 4.79 Å². The van der Waals surface area contributed by atoms with Gasteiger partial charge in [0.25, 0.3) is 0 Å². The average Bonchev–Trinajstić information content (AvgIpc) is 3.21. The number of fused-ring (bicyclic) bond motifs is 1. The van der Waals surface area contributed by atoms with E-state index in [1.54, 1.807) is 7.11 Å². The van der Waals surface area contributed by atoms with Gasteiger partial charge in [0.05, 0.1) is 13.0 Å². The van der Waals surface area contributed by atoms with E-state index in [0.29, 0.717) is 13.1 Å². The van der Waals surface area contributed by atoms with Gasteiger partial charge in [-0.1, -0.05) is 32.0 Å². The van der Waals surface area contributed by atoms with Crippen LogP contribution in [-0.2, 0) is 11.3 Å². The van der Waals surface area contributed by atoms with E-state index < -0.39 is 0 Å². The van der Waals surface area contributed by atoms with Crippen LogP contribution in [0.2, 0.25) is 0 Å². The maximum Gasteiger partial charge on any atom is 0.225 e. The largest absolute Gasteiger partial charge is 0.496 e. The lowest BCUT2D eigenvalue weighted by atomic mass is 9.97. The van der Waals surface area contributed by atoms with Crippen LogP contribution in [0.4, 0.5) is 5.82 Å². The van der Waals surface area contributed by atoms with E-state index in [9.17, 15) is 4.79 Å². The fourth-order valence-corrected chi connectivity index (χ4v) is 3.90. The summed E-state index contributed by atoms with van der Waals surface area (Å²) < 4.78 is 7.18. The molecule has 1 atom stereocenters. The molecule has 30 heavy (non-hydrogen) atoms. The van der Waals surface area contributed by atoms with Crippen LogP contribution in [0.3, 0.4) is 0 Å². The number of rotatable bonds is 6. The number of hydrogen-bond acceptors (Lipinski definition) is 6. The minimum absolute atomic E-state index is 0.0684. The monoisotopic (exact) mass is 408 g/mol. The van der Waals surface area contributed by atoms with Gasteiger partial charge in [-0.05, 0) is 31.0 Å². The van der Waals surface area contributed by atoms with Crippen LogP contribution < -0.4 is 15.0 Å². The third-order valence-electron chi connectivity index (χ3n) is 5.55. The minimum atomic E-state index is -0.0727. The van der Waals surface area contributed by atoms with Crippen molar-refractivity contribution < 1.29 is 9.53 Å². The van der Waals surface area contributed by atoms with Crippen molar-refractivity contribution >= 4 is 17.4 Å². The highest BCUT2D eigenvalue weighted by Gasteiger charge is 2.27. The van der Waals surface area contributed by atoms with E-state index >= 15 is 0 Å². The van der Waals surface area contributed by atoms with Crippen molar-refractivity contribution in [3.05, 3.63) is 47.8 Å². The summed E-state index contributed by atoms with van der Waals surface area (Å²) in [4.78, 5) is 15.0. The predicted molar refractivity (Wildman–Crippen MR) is 115 cm³/mol. The van der Waals surface area contributed by atoms with Crippen LogP contribution in [0, 0.1) is 5.92 Å². The number of methoxy groups -OCH3 is 1. The Bertz CT molecular complexity index is 1030. The molecule has 1 saturated heterocycles. The second kappa shape index (κ2) is 8.69. The Balaban J connectivity index is 1.44. The van der Waals surface area contributed by atoms with Gasteiger partial charge in [0.2, 0.25) is 5.91 Å². The molecule has 0 spiro atoms. The van der Waals surface area contributed by atoms with Gasteiger partial charge in [-0.25, -0.2) is 0 Å². The molecule has 0 saturated carbocycles. The van der Waals surface area contributed by atoms with Crippen molar-refractivity contribution in [2.45, 2.75) is 39.2 Å². The summed E-state index contributed by atoms with van der Waals surface area (Å²) in [6.45, 7) is 6.15. The van der Waals surface area contributed by atoms with Gasteiger partial charge in [-0.15, -0.1) is 15.3 Å². The summed E-state index contributed by atoms with van der Waals surface area (Å²) in [6.07, 6.45) is 1.83. The number of nitrogens with one attached hydrogen (secondary N) is 1. The maximum absolute atomic E-state index is 12.8. The zero-order valence-electron chi connectivity index (χ0n) is 17.7. The highest BCUT2D eigenvalue weighted by molar-refractivity contribution is 5.79. The third-order valence-corrected chi connectivity index (χ3v) is 5.55. The quantitative estimate of drug-likeness (QED) is 0.675. The summed E-state index contributed by atoms with van der Waals surface area (Å²) in [7, 11) is 1.64. The van der Waals surface area contributed by atoms with E-state index in [1.807, 2.05) is 40.9 Å². The van der Waals surface area contributed by atoms with Gasteiger partial charge >= 0.3 is 0 Å². The van der Waals surface area contributed by atoms with Crippen molar-refractivity contribution in [1.82, 2.24) is 25.1 Å². The second-order valence-corrected chi connectivity index (χ2v) is 7.99. The van der Waals surface area contributed by atoms with Crippen molar-refractivity contribution in [3.8, 4) is 5.75 Å². The summed E-state index contributed by atoms with van der Waals surface area (Å²) in [6, 6.07) is 11.6. The molecule has 1 amide bonds. The Morgan fingerprint density at radius 2 is 2.07 bits per heavy atom. The van der Waals surface area contributed by atoms with Crippen LogP contribution >= 0.6 is 0 Å². The number of benzene rings is 1. The van der Waals surface area contributed by atoms with E-state index in [0.717, 1.165) is 48.0 Å². The van der Waals surface area contributed by atoms with Crippen LogP contribution in [0.15, 0.2) is 36.4 Å². The molecule has 2 aromatic heterocycles. The Morgan fingerprint density at radius 3 is 2.87 bits per heavy atom. The summed E-state index contributed by atoms with van der Waals surface area (Å²) in [5.41, 5.74) is 1.72. The minimum Gasteiger partial charge on any atom is -0.496 e. The summed E-state index contributed by atoms with van der Waals surface area (Å²) in [5, 5.41) is 16.3. The number of nitrogens with zero attached hydrogens (tertiary/aromatic N) is 5. The van der Waals surface area contributed by atoms with E-state index in [1.165, 1.54) is 0 Å². The molecule has 1 aromatic carbocycles. The number of para-hydroxylation sites is 1. The van der Waals surface area contributed by atoms with Crippen LogP contribution in [0.5, 0.6) is 5.75 Å². The molecule has 0 radical (unpaired) electrons. The molecule has 4 rings (SSSR count). The van der Waals surface area contributed by atoms with Crippen molar-refractivity contribution in [2.24, 2.45) is 5.92 Å². The van der Waals surface area contributed by atoms with Crippen LogP contribution in [0.1, 0.15) is 44.0 Å². The highest BCUT2D eigenvalue weighted by Crippen LogP contribution is 2.23. The topological polar surface area (TPSA) is 84.6 Å². The first-order valence-electron chi connectivity index (χ1n) is 10.4. The molecule has 1 fully saturated rings. The summed E-state index contributed by atoms with van der Waals surface area (Å²) in [5.74, 6) is 2.71. The fourth-order valence-electron chi connectivity index (χ4n) is 3.90. The van der Waals surface area contributed by atoms with E-state index in [4.69, 9.17) is 9.84 Å². The van der Waals surface area contributed by atoms with Gasteiger partial charge in [-0.2, -0.15) is 4.52 Å². The number of carbonyl (C=O) groups is 1. The van der Waals surface area contributed by atoms with Crippen molar-refractivity contribution in [1.29, 1.82) is 0 Å². The molecule has 1 aliphatic rings. The fraction of sp³-hybridized carbons (Fsp3) is 0.455. The number of piperidine rings is 1.